The van der Waals surface area contributed by atoms with Crippen LogP contribution >= 0.6 is 22.7 Å². The van der Waals surface area contributed by atoms with E-state index in [4.69, 9.17) is 0 Å². The smallest absolute Gasteiger partial charge is 0.266 e. The third-order valence-corrected chi connectivity index (χ3v) is 9.09. The molecule has 9 heteroatoms. The summed E-state index contributed by atoms with van der Waals surface area (Å²) in [6, 6.07) is 8.64. The van der Waals surface area contributed by atoms with E-state index >= 15 is 0 Å². The molecule has 1 unspecified atom stereocenters. The molecule has 1 fully saturated rings. The number of nitrogens with zero attached hydrogens (tertiary/aromatic N) is 3. The van der Waals surface area contributed by atoms with Crippen molar-refractivity contribution in [3.05, 3.63) is 46.1 Å². The zero-order chi connectivity index (χ0) is 19.2. The van der Waals surface area contributed by atoms with E-state index in [1.165, 1.54) is 27.0 Å². The van der Waals surface area contributed by atoms with Gasteiger partial charge in [0.2, 0.25) is 0 Å². The van der Waals surface area contributed by atoms with Crippen LogP contribution in [0.4, 0.5) is 0 Å². The van der Waals surface area contributed by atoms with Crippen LogP contribution in [0.15, 0.2) is 44.9 Å². The highest BCUT2D eigenvalue weighted by Crippen LogP contribution is 2.29. The first-order valence-electron chi connectivity index (χ1n) is 8.58. The highest BCUT2D eigenvalue weighted by Gasteiger charge is 2.39. The molecule has 1 atom stereocenters. The lowest BCUT2D eigenvalue weighted by Gasteiger charge is -2.20. The van der Waals surface area contributed by atoms with Gasteiger partial charge >= 0.3 is 0 Å². The van der Waals surface area contributed by atoms with E-state index in [0.29, 0.717) is 24.2 Å². The molecule has 1 saturated heterocycles. The van der Waals surface area contributed by atoms with Gasteiger partial charge < -0.3 is 4.57 Å². The molecule has 1 aliphatic heterocycles. The number of rotatable bonds is 3. The third kappa shape index (κ3) is 3.29. The second kappa shape index (κ2) is 6.97. The zero-order valence-electron chi connectivity index (χ0n) is 15.0. The molecule has 142 valence electrons. The summed E-state index contributed by atoms with van der Waals surface area (Å²) in [6.07, 6.45) is 1.16. The first kappa shape index (κ1) is 18.5. The number of aromatic nitrogens is 1. The summed E-state index contributed by atoms with van der Waals surface area (Å²) in [4.78, 5) is 17.7. The molecule has 1 aliphatic rings. The van der Waals surface area contributed by atoms with Gasteiger partial charge in [-0.2, -0.15) is 9.30 Å². The number of carbonyl (C=O) groups is 1. The van der Waals surface area contributed by atoms with Crippen LogP contribution in [0.25, 0.3) is 10.2 Å². The number of benzene rings is 1. The molecule has 1 aromatic carbocycles. The Hall–Kier alpha value is -1.81. The zero-order valence-corrected chi connectivity index (χ0v) is 17.4. The number of hydrogen-bond donors (Lipinski definition) is 0. The Morgan fingerprint density at radius 2 is 2.11 bits per heavy atom. The molecular weight excluding hydrogens is 402 g/mol. The van der Waals surface area contributed by atoms with Crippen molar-refractivity contribution in [2.75, 3.05) is 6.54 Å². The maximum atomic E-state index is 12.9. The Kier molecular flexibility index (Phi) is 4.79. The predicted molar refractivity (Wildman–Crippen MR) is 107 cm³/mol. The summed E-state index contributed by atoms with van der Waals surface area (Å²) >= 11 is 2.61. The lowest BCUT2D eigenvalue weighted by Crippen LogP contribution is -2.40. The molecule has 4 rings (SSSR count). The number of aryl methyl sites for hydroxylation is 2. The Morgan fingerprint density at radius 3 is 2.85 bits per heavy atom. The molecule has 0 bridgehead atoms. The van der Waals surface area contributed by atoms with Gasteiger partial charge in [0.15, 0.2) is 4.80 Å². The van der Waals surface area contributed by atoms with Gasteiger partial charge in [-0.15, -0.1) is 11.3 Å². The molecule has 0 saturated carbocycles. The fourth-order valence-electron chi connectivity index (χ4n) is 3.32. The van der Waals surface area contributed by atoms with Crippen molar-refractivity contribution in [3.8, 4) is 0 Å². The number of sulfonamides is 1. The molecule has 0 radical (unpaired) electrons. The number of hydrogen-bond acceptors (Lipinski definition) is 5. The Morgan fingerprint density at radius 1 is 1.30 bits per heavy atom. The van der Waals surface area contributed by atoms with Crippen molar-refractivity contribution < 1.29 is 13.2 Å². The van der Waals surface area contributed by atoms with Crippen LogP contribution in [0.5, 0.6) is 0 Å². The average molecular weight is 422 g/mol. The van der Waals surface area contributed by atoms with Crippen molar-refractivity contribution in [1.29, 1.82) is 0 Å². The number of thiophene rings is 1. The van der Waals surface area contributed by atoms with Gasteiger partial charge in [0, 0.05) is 13.6 Å². The molecule has 2 aromatic heterocycles. The van der Waals surface area contributed by atoms with Crippen LogP contribution in [0.2, 0.25) is 0 Å². The third-order valence-electron chi connectivity index (χ3n) is 4.72. The van der Waals surface area contributed by atoms with Crippen LogP contribution in [-0.4, -0.2) is 35.8 Å². The molecule has 3 heterocycles. The standard InChI is InChI=1S/C18H19N3O3S3/c1-12-7-8-13-15(11-12)26-18(20(13)2)19-17(22)14-5-3-9-21(14)27(23,24)16-6-4-10-25-16/h4,6-8,10-11,14H,3,5,9H2,1-2H3. The minimum atomic E-state index is -3.65. The Labute approximate surface area is 165 Å². The van der Waals surface area contributed by atoms with E-state index in [1.807, 2.05) is 30.7 Å². The SMILES string of the molecule is Cc1ccc2c(c1)sc(=NC(=O)C1CCCN1S(=O)(=O)c1cccs1)n2C. The molecule has 0 spiro atoms. The summed E-state index contributed by atoms with van der Waals surface area (Å²) in [5.74, 6) is -0.397. The van der Waals surface area contributed by atoms with Gasteiger partial charge in [0.05, 0.1) is 10.2 Å². The fourth-order valence-corrected chi connectivity index (χ4v) is 7.21. The van der Waals surface area contributed by atoms with Gasteiger partial charge in [-0.1, -0.05) is 23.5 Å². The van der Waals surface area contributed by atoms with E-state index in [0.717, 1.165) is 15.8 Å². The number of fused-ring (bicyclic) bond motifs is 1. The first-order chi connectivity index (χ1) is 12.9. The maximum Gasteiger partial charge on any atom is 0.266 e. The van der Waals surface area contributed by atoms with Crippen LogP contribution in [0, 0.1) is 6.92 Å². The van der Waals surface area contributed by atoms with Gasteiger partial charge in [-0.05, 0) is 48.9 Å². The summed E-state index contributed by atoms with van der Waals surface area (Å²) in [6.45, 7) is 2.37. The summed E-state index contributed by atoms with van der Waals surface area (Å²) in [5, 5.41) is 1.73. The van der Waals surface area contributed by atoms with Crippen molar-refractivity contribution in [2.45, 2.75) is 30.0 Å². The van der Waals surface area contributed by atoms with Crippen molar-refractivity contribution in [1.82, 2.24) is 8.87 Å². The second-order valence-corrected chi connectivity index (χ2v) is 10.6. The highest BCUT2D eigenvalue weighted by molar-refractivity contribution is 7.91. The predicted octanol–water partition coefficient (Wildman–Crippen LogP) is 2.89. The maximum absolute atomic E-state index is 12.9. The van der Waals surface area contributed by atoms with E-state index in [2.05, 4.69) is 11.1 Å². The van der Waals surface area contributed by atoms with Gasteiger partial charge in [-0.3, -0.25) is 4.79 Å². The fraction of sp³-hybridized carbons (Fsp3) is 0.333. The van der Waals surface area contributed by atoms with Crippen LogP contribution in [0.1, 0.15) is 18.4 Å². The van der Waals surface area contributed by atoms with Gasteiger partial charge in [0.1, 0.15) is 10.3 Å². The molecular formula is C18H19N3O3S3. The van der Waals surface area contributed by atoms with Crippen molar-refractivity contribution in [3.63, 3.8) is 0 Å². The lowest BCUT2D eigenvalue weighted by molar-refractivity contribution is -0.121. The van der Waals surface area contributed by atoms with Crippen LogP contribution in [0.3, 0.4) is 0 Å². The van der Waals surface area contributed by atoms with Crippen LogP contribution in [-0.2, 0) is 21.9 Å². The Bertz CT molecular complexity index is 1170. The summed E-state index contributed by atoms with van der Waals surface area (Å²) in [5.41, 5.74) is 2.15. The van der Waals surface area contributed by atoms with Gasteiger partial charge in [0.25, 0.3) is 15.9 Å². The normalized spacial score (nSPS) is 19.2. The quantitative estimate of drug-likeness (QED) is 0.653. The molecule has 0 N–H and O–H groups in total. The van der Waals surface area contributed by atoms with Crippen molar-refractivity contribution >= 4 is 48.8 Å². The number of amides is 1. The summed E-state index contributed by atoms with van der Waals surface area (Å²) < 4.78 is 30.2. The van der Waals surface area contributed by atoms with Gasteiger partial charge in [-0.25, -0.2) is 8.42 Å². The lowest BCUT2D eigenvalue weighted by atomic mass is 10.2. The minimum Gasteiger partial charge on any atom is -0.319 e. The second-order valence-electron chi connectivity index (χ2n) is 6.57. The van der Waals surface area contributed by atoms with E-state index in [1.54, 1.807) is 17.5 Å². The van der Waals surface area contributed by atoms with Crippen molar-refractivity contribution in [2.24, 2.45) is 12.0 Å². The van der Waals surface area contributed by atoms with E-state index in [-0.39, 0.29) is 4.21 Å². The largest absolute Gasteiger partial charge is 0.319 e. The Balaban J connectivity index is 1.70. The molecule has 0 aliphatic carbocycles. The molecule has 1 amide bonds. The minimum absolute atomic E-state index is 0.269. The monoisotopic (exact) mass is 421 g/mol. The molecule has 6 nitrogen and oxygen atoms in total. The topological polar surface area (TPSA) is 71.7 Å². The first-order valence-corrected chi connectivity index (χ1v) is 11.7. The van der Waals surface area contributed by atoms with E-state index < -0.39 is 22.0 Å². The van der Waals surface area contributed by atoms with E-state index in [9.17, 15) is 13.2 Å². The average Bonchev–Trinajstić information content (AvgIpc) is 3.35. The molecule has 3 aromatic rings. The van der Waals surface area contributed by atoms with Crippen LogP contribution < -0.4 is 4.80 Å². The molecule has 27 heavy (non-hydrogen) atoms. The number of carbonyl (C=O) groups excluding carboxylic acids is 1. The number of thiazole rings is 1. The highest BCUT2D eigenvalue weighted by atomic mass is 32.2. The summed E-state index contributed by atoms with van der Waals surface area (Å²) in [7, 11) is -1.78.